The highest BCUT2D eigenvalue weighted by molar-refractivity contribution is 5.77. The molecular formula is C16H21F3N2O. The van der Waals surface area contributed by atoms with E-state index in [2.05, 4.69) is 11.9 Å². The largest absolute Gasteiger partial charge is 0.479 e. The molecule has 0 saturated carbocycles. The molecule has 0 bridgehead atoms. The summed E-state index contributed by atoms with van der Waals surface area (Å²) in [6, 6.07) is 5.31. The maximum Gasteiger partial charge on any atom is 0.416 e. The van der Waals surface area contributed by atoms with Crippen LogP contribution in [-0.2, 0) is 10.9 Å². The fraction of sp³-hybridized carbons (Fsp3) is 0.562. The monoisotopic (exact) mass is 314 g/mol. The Balaban J connectivity index is 2.03. The summed E-state index contributed by atoms with van der Waals surface area (Å²) < 4.78 is 43.3. The van der Waals surface area contributed by atoms with E-state index in [9.17, 15) is 13.2 Å². The molecule has 1 aliphatic heterocycles. The molecule has 1 heterocycles. The van der Waals surface area contributed by atoms with E-state index in [1.165, 1.54) is 12.1 Å². The minimum atomic E-state index is -4.30. The zero-order chi connectivity index (χ0) is 16.2. The number of aliphatic imine (C=N–C) groups is 1. The van der Waals surface area contributed by atoms with Crippen LogP contribution in [-0.4, -0.2) is 31.6 Å². The van der Waals surface area contributed by atoms with Crippen molar-refractivity contribution in [3.8, 4) is 0 Å². The third kappa shape index (κ3) is 4.15. The van der Waals surface area contributed by atoms with Gasteiger partial charge in [-0.1, -0.05) is 6.92 Å². The Morgan fingerprint density at radius 2 is 1.91 bits per heavy atom. The van der Waals surface area contributed by atoms with Crippen molar-refractivity contribution in [1.29, 1.82) is 0 Å². The zero-order valence-corrected chi connectivity index (χ0v) is 12.9. The van der Waals surface area contributed by atoms with Crippen LogP contribution in [0.4, 0.5) is 18.9 Å². The van der Waals surface area contributed by atoms with Crippen molar-refractivity contribution in [2.24, 2.45) is 4.99 Å². The van der Waals surface area contributed by atoms with Crippen LogP contribution in [0, 0.1) is 0 Å². The number of halogens is 3. The number of hydrogen-bond donors (Lipinski definition) is 0. The van der Waals surface area contributed by atoms with Gasteiger partial charge in [-0.05, 0) is 37.6 Å². The van der Waals surface area contributed by atoms with Crippen LogP contribution < -0.4 is 4.90 Å². The van der Waals surface area contributed by atoms with Gasteiger partial charge in [-0.3, -0.25) is 0 Å². The second kappa shape index (κ2) is 7.03. The van der Waals surface area contributed by atoms with Gasteiger partial charge in [-0.25, -0.2) is 4.99 Å². The van der Waals surface area contributed by atoms with Gasteiger partial charge < -0.3 is 9.64 Å². The lowest BCUT2D eigenvalue weighted by molar-refractivity contribution is -0.137. The lowest BCUT2D eigenvalue weighted by Gasteiger charge is -2.25. The number of hydrogen-bond acceptors (Lipinski definition) is 3. The second-order valence-corrected chi connectivity index (χ2v) is 5.32. The number of ether oxygens (including phenoxy) is 1. The third-order valence-corrected chi connectivity index (χ3v) is 3.61. The van der Waals surface area contributed by atoms with Gasteiger partial charge in [0.15, 0.2) is 5.90 Å². The quantitative estimate of drug-likeness (QED) is 0.789. The molecular weight excluding hydrogens is 293 g/mol. The van der Waals surface area contributed by atoms with E-state index in [4.69, 9.17) is 4.74 Å². The summed E-state index contributed by atoms with van der Waals surface area (Å²) in [6.45, 7) is 5.95. The Hall–Kier alpha value is -1.72. The summed E-state index contributed by atoms with van der Waals surface area (Å²) in [7, 11) is 0. The third-order valence-electron chi connectivity index (χ3n) is 3.61. The van der Waals surface area contributed by atoms with E-state index in [1.54, 1.807) is 0 Å². The van der Waals surface area contributed by atoms with Crippen molar-refractivity contribution in [3.05, 3.63) is 29.8 Å². The van der Waals surface area contributed by atoms with Crippen molar-refractivity contribution in [3.63, 3.8) is 0 Å². The smallest absolute Gasteiger partial charge is 0.416 e. The first-order chi connectivity index (χ1) is 10.4. The number of likely N-dealkylation sites (N-methyl/N-ethyl adjacent to an activating group) is 1. The standard InChI is InChI=1S/C16H21F3N2O/c1-3-5-15-20-13(11-22-15)10-21(4-2)14-8-6-12(7-9-14)16(17,18)19/h6-9,13H,3-5,10-11H2,1-2H3. The van der Waals surface area contributed by atoms with E-state index in [0.29, 0.717) is 19.7 Å². The second-order valence-electron chi connectivity index (χ2n) is 5.32. The summed E-state index contributed by atoms with van der Waals surface area (Å²) in [6.07, 6.45) is -2.47. The summed E-state index contributed by atoms with van der Waals surface area (Å²) in [4.78, 5) is 6.54. The minimum Gasteiger partial charge on any atom is -0.479 e. The van der Waals surface area contributed by atoms with E-state index in [0.717, 1.165) is 36.6 Å². The van der Waals surface area contributed by atoms with Gasteiger partial charge in [0.2, 0.25) is 0 Å². The Morgan fingerprint density at radius 1 is 1.23 bits per heavy atom. The van der Waals surface area contributed by atoms with E-state index in [-0.39, 0.29) is 6.04 Å². The molecule has 1 unspecified atom stereocenters. The van der Waals surface area contributed by atoms with Crippen molar-refractivity contribution in [2.45, 2.75) is 38.9 Å². The fourth-order valence-electron chi connectivity index (χ4n) is 2.45. The zero-order valence-electron chi connectivity index (χ0n) is 12.9. The predicted octanol–water partition coefficient (Wildman–Crippen LogP) is 4.13. The first-order valence-electron chi connectivity index (χ1n) is 7.55. The molecule has 3 nitrogen and oxygen atoms in total. The summed E-state index contributed by atoms with van der Waals surface area (Å²) in [5.41, 5.74) is 0.148. The van der Waals surface area contributed by atoms with Crippen LogP contribution in [0.2, 0.25) is 0 Å². The summed E-state index contributed by atoms with van der Waals surface area (Å²) in [5.74, 6) is 0.788. The predicted molar refractivity (Wildman–Crippen MR) is 81.4 cm³/mol. The maximum atomic E-state index is 12.6. The Kier molecular flexibility index (Phi) is 5.32. The van der Waals surface area contributed by atoms with E-state index in [1.807, 2.05) is 11.8 Å². The average molecular weight is 314 g/mol. The number of rotatable bonds is 6. The molecule has 0 fully saturated rings. The van der Waals surface area contributed by atoms with E-state index >= 15 is 0 Å². The van der Waals surface area contributed by atoms with Crippen molar-refractivity contribution in [2.75, 3.05) is 24.6 Å². The molecule has 0 saturated heterocycles. The lowest BCUT2D eigenvalue weighted by Crippen LogP contribution is -2.32. The molecule has 1 aliphatic rings. The highest BCUT2D eigenvalue weighted by atomic mass is 19.4. The SMILES string of the molecule is CCCC1=NC(CN(CC)c2ccc(C(F)(F)F)cc2)CO1. The molecule has 0 spiro atoms. The molecule has 122 valence electrons. The van der Waals surface area contributed by atoms with Gasteiger partial charge in [-0.2, -0.15) is 13.2 Å². The minimum absolute atomic E-state index is 0.0452. The number of anilines is 1. The van der Waals surface area contributed by atoms with Crippen molar-refractivity contribution >= 4 is 11.6 Å². The lowest BCUT2D eigenvalue weighted by atomic mass is 10.1. The van der Waals surface area contributed by atoms with Gasteiger partial charge in [0.25, 0.3) is 0 Å². The van der Waals surface area contributed by atoms with Crippen LogP contribution in [0.5, 0.6) is 0 Å². The fourth-order valence-corrected chi connectivity index (χ4v) is 2.45. The molecule has 0 amide bonds. The Morgan fingerprint density at radius 3 is 2.45 bits per heavy atom. The first kappa shape index (κ1) is 16.6. The van der Waals surface area contributed by atoms with Gasteiger partial charge >= 0.3 is 6.18 Å². The molecule has 0 aromatic heterocycles. The van der Waals surface area contributed by atoms with Gasteiger partial charge in [0.05, 0.1) is 5.56 Å². The van der Waals surface area contributed by atoms with Crippen molar-refractivity contribution < 1.29 is 17.9 Å². The molecule has 0 radical (unpaired) electrons. The Labute approximate surface area is 128 Å². The van der Waals surface area contributed by atoms with Gasteiger partial charge in [0.1, 0.15) is 12.6 Å². The molecule has 0 N–H and O–H groups in total. The number of benzene rings is 1. The van der Waals surface area contributed by atoms with E-state index < -0.39 is 11.7 Å². The van der Waals surface area contributed by atoms with Crippen LogP contribution >= 0.6 is 0 Å². The first-order valence-corrected chi connectivity index (χ1v) is 7.55. The average Bonchev–Trinajstić information content (AvgIpc) is 2.92. The van der Waals surface area contributed by atoms with Crippen LogP contribution in [0.3, 0.4) is 0 Å². The maximum absolute atomic E-state index is 12.6. The van der Waals surface area contributed by atoms with Gasteiger partial charge in [0, 0.05) is 25.2 Å². The molecule has 0 aliphatic carbocycles. The molecule has 6 heteroatoms. The normalized spacial score (nSPS) is 18.0. The molecule has 2 rings (SSSR count). The van der Waals surface area contributed by atoms with Crippen LogP contribution in [0.15, 0.2) is 29.3 Å². The Bertz CT molecular complexity index is 511. The number of nitrogens with zero attached hydrogens (tertiary/aromatic N) is 2. The highest BCUT2D eigenvalue weighted by Crippen LogP contribution is 2.30. The van der Waals surface area contributed by atoms with Gasteiger partial charge in [-0.15, -0.1) is 0 Å². The molecule has 1 aromatic carbocycles. The summed E-state index contributed by atoms with van der Waals surface area (Å²) >= 11 is 0. The molecule has 1 aromatic rings. The molecule has 1 atom stereocenters. The van der Waals surface area contributed by atoms with Crippen LogP contribution in [0.1, 0.15) is 32.3 Å². The highest BCUT2D eigenvalue weighted by Gasteiger charge is 2.30. The van der Waals surface area contributed by atoms with Crippen LogP contribution in [0.25, 0.3) is 0 Å². The topological polar surface area (TPSA) is 24.8 Å². The number of alkyl halides is 3. The molecule has 22 heavy (non-hydrogen) atoms. The summed E-state index contributed by atoms with van der Waals surface area (Å²) in [5, 5.41) is 0. The van der Waals surface area contributed by atoms with Crippen molar-refractivity contribution in [1.82, 2.24) is 0 Å².